The summed E-state index contributed by atoms with van der Waals surface area (Å²) in [6, 6.07) is 8.33. The van der Waals surface area contributed by atoms with Gasteiger partial charge in [-0.2, -0.15) is 0 Å². The molecule has 0 spiro atoms. The van der Waals surface area contributed by atoms with Crippen LogP contribution in [0.2, 0.25) is 0 Å². The molecule has 0 atom stereocenters. The number of aromatic nitrogens is 1. The van der Waals surface area contributed by atoms with Crippen molar-refractivity contribution in [2.75, 3.05) is 0 Å². The van der Waals surface area contributed by atoms with Crippen molar-refractivity contribution in [2.24, 2.45) is 7.05 Å². The van der Waals surface area contributed by atoms with Gasteiger partial charge in [0.15, 0.2) is 0 Å². The minimum absolute atomic E-state index is 0.0260. The summed E-state index contributed by atoms with van der Waals surface area (Å²) >= 11 is 3.52. The van der Waals surface area contributed by atoms with E-state index in [9.17, 15) is 4.79 Å². The predicted molar refractivity (Wildman–Crippen MR) is 71.1 cm³/mol. The van der Waals surface area contributed by atoms with E-state index in [1.165, 1.54) is 0 Å². The number of carbonyl (C=O) groups excluding carboxylic acids is 1. The van der Waals surface area contributed by atoms with Crippen molar-refractivity contribution in [1.29, 1.82) is 0 Å². The van der Waals surface area contributed by atoms with Crippen LogP contribution in [0.15, 0.2) is 28.7 Å². The molecule has 17 heavy (non-hydrogen) atoms. The maximum absolute atomic E-state index is 12.0. The van der Waals surface area contributed by atoms with Gasteiger partial charge in [-0.15, -0.1) is 0 Å². The van der Waals surface area contributed by atoms with Gasteiger partial charge in [0.2, 0.25) is 0 Å². The van der Waals surface area contributed by atoms with Crippen LogP contribution >= 0.6 is 15.9 Å². The Morgan fingerprint density at radius 2 is 2.24 bits per heavy atom. The molecule has 3 rings (SSSR count). The Kier molecular flexibility index (Phi) is 2.47. The summed E-state index contributed by atoms with van der Waals surface area (Å²) < 4.78 is 2.96. The number of para-hydroxylation sites is 1. The number of nitrogens with zero attached hydrogens (tertiary/aromatic N) is 1. The molecule has 0 unspecified atom stereocenters. The first-order valence-electron chi connectivity index (χ1n) is 5.71. The number of rotatable bonds is 2. The lowest BCUT2D eigenvalue weighted by atomic mass is 10.2. The summed E-state index contributed by atoms with van der Waals surface area (Å²) in [6.45, 7) is 0. The normalized spacial score (nSPS) is 15.2. The average molecular weight is 293 g/mol. The van der Waals surface area contributed by atoms with Gasteiger partial charge in [-0.1, -0.05) is 12.1 Å². The molecule has 1 aromatic heterocycles. The first-order valence-corrected chi connectivity index (χ1v) is 6.51. The summed E-state index contributed by atoms with van der Waals surface area (Å²) in [5.41, 5.74) is 1.78. The molecule has 1 heterocycles. The van der Waals surface area contributed by atoms with Crippen LogP contribution in [0.3, 0.4) is 0 Å². The Labute approximate surface area is 108 Å². The topological polar surface area (TPSA) is 34.0 Å². The van der Waals surface area contributed by atoms with Gasteiger partial charge in [-0.3, -0.25) is 4.79 Å². The van der Waals surface area contributed by atoms with Crippen molar-refractivity contribution in [3.05, 3.63) is 34.4 Å². The van der Waals surface area contributed by atoms with Crippen molar-refractivity contribution < 1.29 is 4.79 Å². The number of hydrogen-bond donors (Lipinski definition) is 1. The van der Waals surface area contributed by atoms with Crippen LogP contribution in [0.5, 0.6) is 0 Å². The number of hydrogen-bond acceptors (Lipinski definition) is 1. The van der Waals surface area contributed by atoms with Gasteiger partial charge in [0.1, 0.15) is 5.69 Å². The molecule has 1 amide bonds. The van der Waals surface area contributed by atoms with Gasteiger partial charge < -0.3 is 9.88 Å². The number of halogens is 1. The lowest BCUT2D eigenvalue weighted by Gasteiger charge is -2.05. The number of aryl methyl sites for hydroxylation is 1. The summed E-state index contributed by atoms with van der Waals surface area (Å²) in [7, 11) is 1.93. The first kappa shape index (κ1) is 10.8. The second-order valence-electron chi connectivity index (χ2n) is 4.51. The number of fused-ring (bicyclic) bond motifs is 1. The Morgan fingerprint density at radius 1 is 1.47 bits per heavy atom. The molecule has 4 heteroatoms. The van der Waals surface area contributed by atoms with Gasteiger partial charge in [0.25, 0.3) is 5.91 Å². The minimum atomic E-state index is 0.0260. The zero-order valence-electron chi connectivity index (χ0n) is 9.53. The van der Waals surface area contributed by atoms with Crippen molar-refractivity contribution in [3.63, 3.8) is 0 Å². The molecule has 3 nitrogen and oxygen atoms in total. The van der Waals surface area contributed by atoms with Gasteiger partial charge in [-0.05, 0) is 40.9 Å². The van der Waals surface area contributed by atoms with Crippen LogP contribution < -0.4 is 5.32 Å². The minimum Gasteiger partial charge on any atom is -0.348 e. The lowest BCUT2D eigenvalue weighted by Crippen LogP contribution is -2.27. The average Bonchev–Trinajstić information content (AvgIpc) is 3.02. The van der Waals surface area contributed by atoms with E-state index in [1.807, 2.05) is 35.9 Å². The molecule has 88 valence electrons. The van der Waals surface area contributed by atoms with Gasteiger partial charge in [0.05, 0.1) is 5.52 Å². The molecule has 1 N–H and O–H groups in total. The Morgan fingerprint density at radius 3 is 2.88 bits per heavy atom. The Bertz CT molecular complexity index is 599. The van der Waals surface area contributed by atoms with Crippen LogP contribution in [0.4, 0.5) is 0 Å². The first-order chi connectivity index (χ1) is 8.16. The molecule has 1 aliphatic rings. The number of benzene rings is 1. The Balaban J connectivity index is 2.07. The van der Waals surface area contributed by atoms with Gasteiger partial charge >= 0.3 is 0 Å². The highest BCUT2D eigenvalue weighted by Gasteiger charge is 2.25. The highest BCUT2D eigenvalue weighted by molar-refractivity contribution is 9.10. The summed E-state index contributed by atoms with van der Waals surface area (Å²) in [5, 5.41) is 4.10. The molecule has 2 aromatic rings. The van der Waals surface area contributed by atoms with E-state index in [1.54, 1.807) is 0 Å². The largest absolute Gasteiger partial charge is 0.348 e. The lowest BCUT2D eigenvalue weighted by molar-refractivity contribution is 0.0943. The van der Waals surface area contributed by atoms with Crippen LogP contribution in [0.1, 0.15) is 23.3 Å². The molecule has 0 saturated heterocycles. The molecule has 1 aromatic carbocycles. The third-order valence-corrected chi connectivity index (χ3v) is 3.79. The van der Waals surface area contributed by atoms with E-state index in [2.05, 4.69) is 21.2 Å². The zero-order valence-corrected chi connectivity index (χ0v) is 11.1. The maximum atomic E-state index is 12.0. The molecule has 0 radical (unpaired) electrons. The number of nitrogens with one attached hydrogen (secondary N) is 1. The van der Waals surface area contributed by atoms with E-state index >= 15 is 0 Å². The fourth-order valence-corrected chi connectivity index (χ4v) is 2.72. The van der Waals surface area contributed by atoms with Crippen LogP contribution in [-0.2, 0) is 7.05 Å². The number of carbonyl (C=O) groups is 1. The van der Waals surface area contributed by atoms with E-state index < -0.39 is 0 Å². The molecule has 1 fully saturated rings. The quantitative estimate of drug-likeness (QED) is 0.907. The van der Waals surface area contributed by atoms with Crippen molar-refractivity contribution in [1.82, 2.24) is 9.88 Å². The summed E-state index contributed by atoms with van der Waals surface area (Å²) in [4.78, 5) is 12.0. The monoisotopic (exact) mass is 292 g/mol. The molecule has 1 aliphatic carbocycles. The van der Waals surface area contributed by atoms with Gasteiger partial charge in [0, 0.05) is 22.9 Å². The second-order valence-corrected chi connectivity index (χ2v) is 5.37. The standard InChI is InChI=1S/C13H13BrN2O/c1-16-11(13(17)15-9-5-6-9)7-8-3-2-4-10(14)12(8)16/h2-4,7,9H,5-6H2,1H3,(H,15,17). The maximum Gasteiger partial charge on any atom is 0.268 e. The molecule has 1 saturated carbocycles. The summed E-state index contributed by atoms with van der Waals surface area (Å²) in [6.07, 6.45) is 2.22. The van der Waals surface area contributed by atoms with E-state index in [0.717, 1.165) is 33.9 Å². The highest BCUT2D eigenvalue weighted by Crippen LogP contribution is 2.27. The van der Waals surface area contributed by atoms with E-state index in [4.69, 9.17) is 0 Å². The van der Waals surface area contributed by atoms with Gasteiger partial charge in [-0.25, -0.2) is 0 Å². The molecular weight excluding hydrogens is 280 g/mol. The summed E-state index contributed by atoms with van der Waals surface area (Å²) in [5.74, 6) is 0.0260. The zero-order chi connectivity index (χ0) is 12.0. The van der Waals surface area contributed by atoms with Crippen LogP contribution in [0.25, 0.3) is 10.9 Å². The van der Waals surface area contributed by atoms with Crippen molar-refractivity contribution in [2.45, 2.75) is 18.9 Å². The third kappa shape index (κ3) is 1.86. The SMILES string of the molecule is Cn1c(C(=O)NC2CC2)cc2cccc(Br)c21. The van der Waals surface area contributed by atoms with Crippen molar-refractivity contribution in [3.8, 4) is 0 Å². The Hall–Kier alpha value is -1.29. The highest BCUT2D eigenvalue weighted by atomic mass is 79.9. The third-order valence-electron chi connectivity index (χ3n) is 3.15. The van der Waals surface area contributed by atoms with E-state index in [0.29, 0.717) is 6.04 Å². The molecule has 0 bridgehead atoms. The fraction of sp³-hybridized carbons (Fsp3) is 0.308. The van der Waals surface area contributed by atoms with E-state index in [-0.39, 0.29) is 5.91 Å². The predicted octanol–water partition coefficient (Wildman–Crippen LogP) is 2.83. The second kappa shape index (κ2) is 3.88. The number of amides is 1. The molecular formula is C13H13BrN2O. The van der Waals surface area contributed by atoms with Crippen molar-refractivity contribution >= 4 is 32.7 Å². The smallest absolute Gasteiger partial charge is 0.268 e. The fourth-order valence-electron chi connectivity index (χ4n) is 2.07. The molecule has 0 aliphatic heterocycles. The van der Waals surface area contributed by atoms with Crippen LogP contribution in [0, 0.1) is 0 Å². The van der Waals surface area contributed by atoms with Crippen LogP contribution in [-0.4, -0.2) is 16.5 Å².